The second-order valence-corrected chi connectivity index (χ2v) is 6.92. The number of nitrogens with one attached hydrogen (secondary N) is 1. The Morgan fingerprint density at radius 1 is 1.26 bits per heavy atom. The molecule has 1 amide bonds. The van der Waals surface area contributed by atoms with Crippen molar-refractivity contribution in [1.29, 1.82) is 0 Å². The summed E-state index contributed by atoms with van der Waals surface area (Å²) in [6, 6.07) is 8.00. The topological polar surface area (TPSA) is 29.1 Å². The number of rotatable bonds is 4. The quantitative estimate of drug-likeness (QED) is 0.828. The van der Waals surface area contributed by atoms with Crippen molar-refractivity contribution in [3.05, 3.63) is 35.4 Å². The molecule has 1 aromatic carbocycles. The highest BCUT2D eigenvalue weighted by Gasteiger charge is 2.23. The second-order valence-electron chi connectivity index (χ2n) is 6.27. The molecule has 0 bridgehead atoms. The highest BCUT2D eigenvalue weighted by molar-refractivity contribution is 9.09. The molecule has 2 nitrogen and oxygen atoms in total. The van der Waals surface area contributed by atoms with Gasteiger partial charge in [-0.25, -0.2) is 0 Å². The molecule has 0 aromatic heterocycles. The molecule has 1 aromatic rings. The van der Waals surface area contributed by atoms with Crippen molar-refractivity contribution in [3.63, 3.8) is 0 Å². The van der Waals surface area contributed by atoms with Gasteiger partial charge in [-0.3, -0.25) is 4.79 Å². The lowest BCUT2D eigenvalue weighted by Crippen LogP contribution is -2.40. The van der Waals surface area contributed by atoms with Crippen molar-refractivity contribution in [2.45, 2.75) is 46.1 Å². The number of amides is 1. The Morgan fingerprint density at radius 2 is 1.84 bits per heavy atom. The first-order chi connectivity index (χ1) is 8.77. The summed E-state index contributed by atoms with van der Waals surface area (Å²) in [5, 5.41) is 3.88. The van der Waals surface area contributed by atoms with Crippen LogP contribution in [0, 0.1) is 5.92 Å². The van der Waals surface area contributed by atoms with Crippen molar-refractivity contribution >= 4 is 21.8 Å². The van der Waals surface area contributed by atoms with E-state index in [9.17, 15) is 4.79 Å². The molecule has 19 heavy (non-hydrogen) atoms. The minimum absolute atomic E-state index is 0.0173. The average molecular weight is 326 g/mol. The minimum atomic E-state index is -0.0321. The molecule has 0 heterocycles. The zero-order valence-electron chi connectivity index (χ0n) is 12.5. The summed E-state index contributed by atoms with van der Waals surface area (Å²) in [7, 11) is 0. The molecule has 0 aliphatic rings. The monoisotopic (exact) mass is 325 g/mol. The number of halogens is 1. The highest BCUT2D eigenvalue weighted by atomic mass is 79.9. The van der Waals surface area contributed by atoms with Gasteiger partial charge in [-0.1, -0.05) is 68.7 Å². The number of hydrogen-bond acceptors (Lipinski definition) is 1. The van der Waals surface area contributed by atoms with Gasteiger partial charge in [0, 0.05) is 16.9 Å². The van der Waals surface area contributed by atoms with Gasteiger partial charge in [0.15, 0.2) is 0 Å². The molecule has 0 saturated carbocycles. The Hall–Kier alpha value is -0.830. The van der Waals surface area contributed by atoms with E-state index in [1.54, 1.807) is 0 Å². The van der Waals surface area contributed by atoms with Crippen molar-refractivity contribution in [3.8, 4) is 0 Å². The first kappa shape index (κ1) is 16.2. The van der Waals surface area contributed by atoms with Crippen molar-refractivity contribution in [2.75, 3.05) is 5.33 Å². The lowest BCUT2D eigenvalue weighted by atomic mass is 9.83. The van der Waals surface area contributed by atoms with E-state index in [0.717, 1.165) is 16.5 Å². The molecule has 1 atom stereocenters. The predicted molar refractivity (Wildman–Crippen MR) is 85.0 cm³/mol. The molecule has 0 aliphatic heterocycles. The van der Waals surface area contributed by atoms with E-state index < -0.39 is 0 Å². The van der Waals surface area contributed by atoms with Crippen LogP contribution in [0.15, 0.2) is 24.3 Å². The molecule has 1 rings (SSSR count). The molecular weight excluding hydrogens is 302 g/mol. The lowest BCUT2D eigenvalue weighted by Gasteiger charge is -2.25. The van der Waals surface area contributed by atoms with Crippen LogP contribution < -0.4 is 5.32 Å². The van der Waals surface area contributed by atoms with Crippen molar-refractivity contribution in [1.82, 2.24) is 5.32 Å². The van der Waals surface area contributed by atoms with Crippen LogP contribution in [-0.2, 0) is 5.41 Å². The molecule has 1 unspecified atom stereocenters. The maximum Gasteiger partial charge on any atom is 0.251 e. The van der Waals surface area contributed by atoms with Gasteiger partial charge in [0.25, 0.3) is 5.91 Å². The Kier molecular flexibility index (Phi) is 5.60. The zero-order chi connectivity index (χ0) is 14.6. The summed E-state index contributed by atoms with van der Waals surface area (Å²) in [4.78, 5) is 12.5. The molecule has 0 radical (unpaired) electrons. The molecule has 0 aliphatic carbocycles. The van der Waals surface area contributed by atoms with Crippen LogP contribution in [0.1, 0.15) is 50.5 Å². The van der Waals surface area contributed by atoms with Gasteiger partial charge in [0.1, 0.15) is 0 Å². The Balaban J connectivity index is 3.01. The molecular formula is C16H24BrNO. The SMILES string of the molecule is CC(C)C(CBr)NC(=O)c1ccccc1C(C)(C)C. The third-order valence-corrected chi connectivity index (χ3v) is 3.96. The van der Waals surface area contributed by atoms with Crippen LogP contribution in [0.5, 0.6) is 0 Å². The third kappa shape index (κ3) is 4.34. The molecule has 0 saturated heterocycles. The van der Waals surface area contributed by atoms with E-state index in [4.69, 9.17) is 0 Å². The normalized spacial score (nSPS) is 13.4. The van der Waals surface area contributed by atoms with Gasteiger partial charge in [-0.05, 0) is 23.0 Å². The van der Waals surface area contributed by atoms with Gasteiger partial charge >= 0.3 is 0 Å². The van der Waals surface area contributed by atoms with E-state index >= 15 is 0 Å². The first-order valence-corrected chi connectivity index (χ1v) is 7.86. The number of carbonyl (C=O) groups excluding carboxylic acids is 1. The number of hydrogen-bond donors (Lipinski definition) is 1. The van der Waals surface area contributed by atoms with Gasteiger partial charge < -0.3 is 5.32 Å². The smallest absolute Gasteiger partial charge is 0.251 e. The van der Waals surface area contributed by atoms with Crippen LogP contribution in [0.25, 0.3) is 0 Å². The summed E-state index contributed by atoms with van der Waals surface area (Å²) in [5.74, 6) is 0.425. The fourth-order valence-electron chi connectivity index (χ4n) is 1.96. The van der Waals surface area contributed by atoms with Crippen LogP contribution in [0.3, 0.4) is 0 Å². The van der Waals surface area contributed by atoms with Gasteiger partial charge in [0.2, 0.25) is 0 Å². The summed E-state index contributed by atoms with van der Waals surface area (Å²) in [6.07, 6.45) is 0. The number of carbonyl (C=O) groups is 1. The summed E-state index contributed by atoms with van der Waals surface area (Å²) < 4.78 is 0. The Labute approximate surface area is 125 Å². The van der Waals surface area contributed by atoms with Crippen LogP contribution in [-0.4, -0.2) is 17.3 Å². The average Bonchev–Trinajstić information content (AvgIpc) is 2.34. The van der Waals surface area contributed by atoms with E-state index in [0.29, 0.717) is 5.92 Å². The third-order valence-electron chi connectivity index (χ3n) is 3.27. The number of benzene rings is 1. The van der Waals surface area contributed by atoms with E-state index in [-0.39, 0.29) is 17.4 Å². The van der Waals surface area contributed by atoms with E-state index in [1.807, 2.05) is 24.3 Å². The standard InChI is InChI=1S/C16H24BrNO/c1-11(2)14(10-17)18-15(19)12-8-6-7-9-13(12)16(3,4)5/h6-9,11,14H,10H2,1-5H3,(H,18,19). The van der Waals surface area contributed by atoms with Crippen LogP contribution in [0.4, 0.5) is 0 Å². The Bertz CT molecular complexity index is 435. The van der Waals surface area contributed by atoms with E-state index in [2.05, 4.69) is 55.9 Å². The zero-order valence-corrected chi connectivity index (χ0v) is 14.0. The molecule has 1 N–H and O–H groups in total. The van der Waals surface area contributed by atoms with Crippen LogP contribution >= 0.6 is 15.9 Å². The maximum absolute atomic E-state index is 12.5. The van der Waals surface area contributed by atoms with Crippen LogP contribution in [0.2, 0.25) is 0 Å². The van der Waals surface area contributed by atoms with Gasteiger partial charge in [-0.15, -0.1) is 0 Å². The van der Waals surface area contributed by atoms with Crippen molar-refractivity contribution < 1.29 is 4.79 Å². The number of alkyl halides is 1. The molecule has 0 fully saturated rings. The van der Waals surface area contributed by atoms with Gasteiger partial charge in [0.05, 0.1) is 0 Å². The summed E-state index contributed by atoms with van der Waals surface area (Å²) in [6.45, 7) is 10.6. The highest BCUT2D eigenvalue weighted by Crippen LogP contribution is 2.25. The fourth-order valence-corrected chi connectivity index (χ4v) is 2.87. The minimum Gasteiger partial charge on any atom is -0.348 e. The van der Waals surface area contributed by atoms with Gasteiger partial charge in [-0.2, -0.15) is 0 Å². The molecule has 0 spiro atoms. The lowest BCUT2D eigenvalue weighted by molar-refractivity contribution is 0.0929. The largest absolute Gasteiger partial charge is 0.348 e. The van der Waals surface area contributed by atoms with Crippen molar-refractivity contribution in [2.24, 2.45) is 5.92 Å². The Morgan fingerprint density at radius 3 is 2.32 bits per heavy atom. The maximum atomic E-state index is 12.5. The fraction of sp³-hybridized carbons (Fsp3) is 0.562. The molecule has 3 heteroatoms. The molecule has 106 valence electrons. The first-order valence-electron chi connectivity index (χ1n) is 6.73. The summed E-state index contributed by atoms with van der Waals surface area (Å²) in [5.41, 5.74) is 1.83. The summed E-state index contributed by atoms with van der Waals surface area (Å²) >= 11 is 3.46. The second kappa shape index (κ2) is 6.56. The van der Waals surface area contributed by atoms with E-state index in [1.165, 1.54) is 0 Å². The predicted octanol–water partition coefficient (Wildman–Crippen LogP) is 4.13.